The van der Waals surface area contributed by atoms with Gasteiger partial charge in [0.2, 0.25) is 0 Å². The number of nitrogens with zero attached hydrogens (tertiary/aromatic N) is 2. The van der Waals surface area contributed by atoms with E-state index in [0.717, 1.165) is 12.8 Å². The van der Waals surface area contributed by atoms with Crippen LogP contribution in [0.5, 0.6) is 0 Å². The summed E-state index contributed by atoms with van der Waals surface area (Å²) in [5.74, 6) is 0.263. The maximum absolute atomic E-state index is 12.1. The van der Waals surface area contributed by atoms with E-state index in [1.807, 2.05) is 12.3 Å². The van der Waals surface area contributed by atoms with E-state index >= 15 is 0 Å². The van der Waals surface area contributed by atoms with Crippen LogP contribution in [0.3, 0.4) is 0 Å². The van der Waals surface area contributed by atoms with Crippen molar-refractivity contribution < 1.29 is 8.42 Å². The van der Waals surface area contributed by atoms with E-state index in [0.29, 0.717) is 22.8 Å². The Morgan fingerprint density at radius 2 is 2.22 bits per heavy atom. The summed E-state index contributed by atoms with van der Waals surface area (Å²) in [5, 5.41) is 0.0687. The molecule has 1 aliphatic rings. The van der Waals surface area contributed by atoms with Crippen LogP contribution in [-0.2, 0) is 9.84 Å². The molecule has 96 valence electrons. The normalized spacial score (nSPS) is 23.3. The lowest BCUT2D eigenvalue weighted by atomic mass is 10.1. The Kier molecular flexibility index (Phi) is 2.83. The molecule has 3 rings (SSSR count). The number of fused-ring (bicyclic) bond motifs is 1. The van der Waals surface area contributed by atoms with Gasteiger partial charge in [-0.05, 0) is 25.0 Å². The third kappa shape index (κ3) is 1.91. The highest BCUT2D eigenvalue weighted by Gasteiger charge is 2.32. The van der Waals surface area contributed by atoms with Gasteiger partial charge in [0.15, 0.2) is 15.5 Å². The molecular formula is C12H13ClN2O2S. The molecule has 0 aliphatic carbocycles. The van der Waals surface area contributed by atoms with E-state index in [2.05, 4.69) is 4.98 Å². The number of imidazole rings is 1. The second-order valence-corrected chi connectivity index (χ2v) is 7.31. The average Bonchev–Trinajstić information content (AvgIpc) is 2.73. The minimum absolute atomic E-state index is 0.263. The summed E-state index contributed by atoms with van der Waals surface area (Å²) >= 11 is 6.05. The third-order valence-electron chi connectivity index (χ3n) is 3.36. The zero-order valence-electron chi connectivity index (χ0n) is 9.71. The van der Waals surface area contributed by atoms with Crippen LogP contribution in [0.1, 0.15) is 30.2 Å². The molecule has 3 heterocycles. The van der Waals surface area contributed by atoms with E-state index in [1.165, 1.54) is 0 Å². The zero-order valence-corrected chi connectivity index (χ0v) is 11.3. The highest BCUT2D eigenvalue weighted by Crippen LogP contribution is 2.33. The summed E-state index contributed by atoms with van der Waals surface area (Å²) < 4.78 is 25.9. The summed E-state index contributed by atoms with van der Waals surface area (Å²) in [6.45, 7) is 0. The predicted molar refractivity (Wildman–Crippen MR) is 70.6 cm³/mol. The first-order chi connectivity index (χ1) is 8.58. The molecule has 0 spiro atoms. The van der Waals surface area contributed by atoms with E-state index in [4.69, 9.17) is 11.6 Å². The summed E-state index contributed by atoms with van der Waals surface area (Å²) in [4.78, 5) is 4.38. The number of halogens is 1. The Morgan fingerprint density at radius 3 is 2.94 bits per heavy atom. The van der Waals surface area contributed by atoms with Crippen molar-refractivity contribution in [2.45, 2.75) is 24.5 Å². The van der Waals surface area contributed by atoms with Crippen LogP contribution in [0, 0.1) is 0 Å². The molecule has 1 aliphatic heterocycles. The van der Waals surface area contributed by atoms with Crippen molar-refractivity contribution in [1.82, 2.24) is 9.38 Å². The van der Waals surface area contributed by atoms with Gasteiger partial charge in [-0.3, -0.25) is 0 Å². The van der Waals surface area contributed by atoms with E-state index in [-0.39, 0.29) is 5.75 Å². The predicted octanol–water partition coefficient (Wildman–Crippen LogP) is 2.63. The zero-order chi connectivity index (χ0) is 12.8. The van der Waals surface area contributed by atoms with Crippen molar-refractivity contribution in [1.29, 1.82) is 0 Å². The van der Waals surface area contributed by atoms with E-state index in [9.17, 15) is 8.42 Å². The van der Waals surface area contributed by atoms with Crippen LogP contribution in [0.15, 0.2) is 24.5 Å². The van der Waals surface area contributed by atoms with Crippen LogP contribution >= 0.6 is 11.6 Å². The fourth-order valence-electron chi connectivity index (χ4n) is 2.44. The fourth-order valence-corrected chi connectivity index (χ4v) is 4.55. The average molecular weight is 285 g/mol. The molecule has 6 heteroatoms. The summed E-state index contributed by atoms with van der Waals surface area (Å²) in [7, 11) is -3.06. The molecule has 0 aromatic carbocycles. The highest BCUT2D eigenvalue weighted by atomic mass is 35.5. The topological polar surface area (TPSA) is 51.4 Å². The molecule has 0 amide bonds. The highest BCUT2D eigenvalue weighted by molar-refractivity contribution is 7.91. The first-order valence-electron chi connectivity index (χ1n) is 5.92. The minimum Gasteiger partial charge on any atom is -0.306 e. The smallest absolute Gasteiger partial charge is 0.158 e. The number of rotatable bonds is 1. The van der Waals surface area contributed by atoms with Crippen molar-refractivity contribution in [3.8, 4) is 0 Å². The largest absolute Gasteiger partial charge is 0.306 e. The molecule has 1 saturated heterocycles. The number of hydrogen-bond acceptors (Lipinski definition) is 3. The van der Waals surface area contributed by atoms with Gasteiger partial charge in [0, 0.05) is 12.4 Å². The van der Waals surface area contributed by atoms with Crippen molar-refractivity contribution in [3.63, 3.8) is 0 Å². The third-order valence-corrected chi connectivity index (χ3v) is 5.86. The number of pyridine rings is 1. The molecule has 0 N–H and O–H groups in total. The van der Waals surface area contributed by atoms with Gasteiger partial charge in [0.1, 0.15) is 5.25 Å². The molecule has 0 bridgehead atoms. The van der Waals surface area contributed by atoms with Crippen molar-refractivity contribution >= 4 is 27.1 Å². The Labute approximate surface area is 111 Å². The molecule has 0 radical (unpaired) electrons. The lowest BCUT2D eigenvalue weighted by Gasteiger charge is -2.20. The molecule has 2 aromatic heterocycles. The van der Waals surface area contributed by atoms with Crippen molar-refractivity contribution in [2.75, 3.05) is 5.75 Å². The Balaban J connectivity index is 2.12. The summed E-state index contributed by atoms with van der Waals surface area (Å²) in [5.41, 5.74) is 1.23. The molecule has 4 nitrogen and oxygen atoms in total. The maximum atomic E-state index is 12.1. The quantitative estimate of drug-likeness (QED) is 0.809. The van der Waals surface area contributed by atoms with Gasteiger partial charge in [-0.1, -0.05) is 18.0 Å². The van der Waals surface area contributed by atoms with Gasteiger partial charge < -0.3 is 4.40 Å². The summed E-state index contributed by atoms with van der Waals surface area (Å²) in [6.07, 6.45) is 5.95. The van der Waals surface area contributed by atoms with E-state index < -0.39 is 15.1 Å². The van der Waals surface area contributed by atoms with Gasteiger partial charge in [-0.2, -0.15) is 0 Å². The lowest BCUT2D eigenvalue weighted by Crippen LogP contribution is -2.21. The van der Waals surface area contributed by atoms with Gasteiger partial charge >= 0.3 is 0 Å². The van der Waals surface area contributed by atoms with Gasteiger partial charge in [0.25, 0.3) is 0 Å². The van der Waals surface area contributed by atoms with E-state index in [1.54, 1.807) is 16.7 Å². The number of sulfone groups is 1. The van der Waals surface area contributed by atoms with Crippen LogP contribution in [0.2, 0.25) is 5.02 Å². The maximum Gasteiger partial charge on any atom is 0.158 e. The second kappa shape index (κ2) is 4.24. The number of hydrogen-bond donors (Lipinski definition) is 0. The molecule has 18 heavy (non-hydrogen) atoms. The van der Waals surface area contributed by atoms with Crippen LogP contribution in [0.25, 0.3) is 5.65 Å². The van der Waals surface area contributed by atoms with Crippen LogP contribution in [0.4, 0.5) is 0 Å². The Morgan fingerprint density at radius 1 is 1.39 bits per heavy atom. The van der Waals surface area contributed by atoms with Gasteiger partial charge in [-0.25, -0.2) is 13.4 Å². The SMILES string of the molecule is O=S1(=O)CCCCC1c1cn2cccc(Cl)c2n1. The minimum atomic E-state index is -3.06. The first kappa shape index (κ1) is 12.0. The second-order valence-electron chi connectivity index (χ2n) is 4.60. The molecule has 1 unspecified atom stereocenters. The van der Waals surface area contributed by atoms with Crippen molar-refractivity contribution in [2.24, 2.45) is 0 Å². The standard InChI is InChI=1S/C12H13ClN2O2S/c13-9-4-3-6-15-8-10(14-12(9)15)11-5-1-2-7-18(11,16)17/h3-4,6,8,11H,1-2,5,7H2. The molecule has 1 fully saturated rings. The fraction of sp³-hybridized carbons (Fsp3) is 0.417. The molecule has 2 aromatic rings. The lowest BCUT2D eigenvalue weighted by molar-refractivity contribution is 0.543. The molecular weight excluding hydrogens is 272 g/mol. The summed E-state index contributed by atoms with van der Waals surface area (Å²) in [6, 6.07) is 3.57. The van der Waals surface area contributed by atoms with Crippen molar-refractivity contribution in [3.05, 3.63) is 35.2 Å². The van der Waals surface area contributed by atoms with Crippen LogP contribution in [-0.4, -0.2) is 23.6 Å². The Hall–Kier alpha value is -1.07. The number of aromatic nitrogens is 2. The molecule has 0 saturated carbocycles. The first-order valence-corrected chi connectivity index (χ1v) is 8.02. The van der Waals surface area contributed by atoms with Gasteiger partial charge in [-0.15, -0.1) is 0 Å². The molecule has 1 atom stereocenters. The van der Waals surface area contributed by atoms with Crippen LogP contribution < -0.4 is 0 Å². The monoisotopic (exact) mass is 284 g/mol. The Bertz CT molecular complexity index is 693. The van der Waals surface area contributed by atoms with Gasteiger partial charge in [0.05, 0.1) is 16.5 Å².